The summed E-state index contributed by atoms with van der Waals surface area (Å²) in [5.41, 5.74) is 1.77. The van der Waals surface area contributed by atoms with Crippen LogP contribution in [0.5, 0.6) is 0 Å². The molecule has 2 rings (SSSR count). The average molecular weight is 211 g/mol. The number of carbonyl (C=O) groups excluding carboxylic acids is 1. The summed E-state index contributed by atoms with van der Waals surface area (Å²) >= 11 is 1.55. The second-order valence-electron chi connectivity index (χ2n) is 3.50. The molecule has 4 heteroatoms. The van der Waals surface area contributed by atoms with Crippen LogP contribution in [0.2, 0.25) is 0 Å². The van der Waals surface area contributed by atoms with Crippen LogP contribution in [0.15, 0.2) is 11.7 Å². The van der Waals surface area contributed by atoms with Crippen molar-refractivity contribution in [3.05, 3.63) is 16.6 Å². The number of nitrogens with zero attached hydrogens (tertiary/aromatic N) is 1. The van der Waals surface area contributed by atoms with Crippen LogP contribution in [0.1, 0.15) is 17.7 Å². The van der Waals surface area contributed by atoms with Crippen LogP contribution in [0, 0.1) is 5.92 Å². The fraction of sp³-hybridized carbons (Fsp3) is 0.600. The molecule has 2 heterocycles. The molecule has 0 radical (unpaired) electrons. The van der Waals surface area contributed by atoms with Gasteiger partial charge in [-0.15, -0.1) is 11.3 Å². The molecule has 0 bridgehead atoms. The molecule has 0 amide bonds. The highest BCUT2D eigenvalue weighted by atomic mass is 32.1. The number of hydrogen-bond donors (Lipinski definition) is 0. The minimum Gasteiger partial charge on any atom is -0.381 e. The summed E-state index contributed by atoms with van der Waals surface area (Å²) in [6.07, 6.45) is 4.10. The second-order valence-corrected chi connectivity index (χ2v) is 4.47. The molecule has 1 fully saturated rings. The Morgan fingerprint density at radius 2 is 2.36 bits per heavy atom. The highest BCUT2D eigenvalue weighted by molar-refractivity contribution is 7.09. The van der Waals surface area contributed by atoms with Gasteiger partial charge < -0.3 is 4.74 Å². The third-order valence-electron chi connectivity index (χ3n) is 2.51. The van der Waals surface area contributed by atoms with Crippen molar-refractivity contribution in [1.29, 1.82) is 0 Å². The van der Waals surface area contributed by atoms with Gasteiger partial charge in [0, 0.05) is 36.6 Å². The molecule has 0 aromatic carbocycles. The van der Waals surface area contributed by atoms with Crippen molar-refractivity contribution in [1.82, 2.24) is 4.98 Å². The van der Waals surface area contributed by atoms with Gasteiger partial charge in [0.05, 0.1) is 5.51 Å². The second kappa shape index (κ2) is 4.66. The van der Waals surface area contributed by atoms with E-state index >= 15 is 0 Å². The Morgan fingerprint density at radius 3 is 3.00 bits per heavy atom. The van der Waals surface area contributed by atoms with E-state index in [-0.39, 0.29) is 5.92 Å². The Hall–Kier alpha value is -0.740. The van der Waals surface area contributed by atoms with Gasteiger partial charge in [0.1, 0.15) is 5.78 Å². The highest BCUT2D eigenvalue weighted by Gasteiger charge is 2.21. The number of rotatable bonds is 3. The minimum absolute atomic E-state index is 0.214. The molecular weight excluding hydrogens is 198 g/mol. The van der Waals surface area contributed by atoms with Gasteiger partial charge in [-0.05, 0) is 12.8 Å². The largest absolute Gasteiger partial charge is 0.381 e. The molecule has 1 aliphatic rings. The maximum atomic E-state index is 11.8. The van der Waals surface area contributed by atoms with Crippen LogP contribution >= 0.6 is 11.3 Å². The van der Waals surface area contributed by atoms with Gasteiger partial charge in [-0.2, -0.15) is 0 Å². The molecule has 1 aromatic rings. The van der Waals surface area contributed by atoms with Gasteiger partial charge in [-0.25, -0.2) is 0 Å². The summed E-state index contributed by atoms with van der Waals surface area (Å²) in [5, 5.41) is 0. The van der Waals surface area contributed by atoms with E-state index in [2.05, 4.69) is 4.98 Å². The first-order valence-corrected chi connectivity index (χ1v) is 5.72. The Kier molecular flexibility index (Phi) is 3.26. The topological polar surface area (TPSA) is 39.2 Å². The standard InChI is InChI=1S/C10H13NO2S/c12-10(5-9-6-11-7-14-9)8-1-3-13-4-2-8/h6-8H,1-5H2. The number of hydrogen-bond acceptors (Lipinski definition) is 4. The van der Waals surface area contributed by atoms with E-state index in [9.17, 15) is 4.79 Å². The Balaban J connectivity index is 1.88. The molecule has 14 heavy (non-hydrogen) atoms. The Morgan fingerprint density at radius 1 is 1.57 bits per heavy atom. The third kappa shape index (κ3) is 2.39. The molecule has 0 N–H and O–H groups in total. The summed E-state index contributed by atoms with van der Waals surface area (Å²) in [5.74, 6) is 0.559. The van der Waals surface area contributed by atoms with E-state index in [0.29, 0.717) is 12.2 Å². The van der Waals surface area contributed by atoms with E-state index in [0.717, 1.165) is 30.9 Å². The van der Waals surface area contributed by atoms with Crippen molar-refractivity contribution in [2.75, 3.05) is 13.2 Å². The third-order valence-corrected chi connectivity index (χ3v) is 3.29. The Labute approximate surface area is 87.1 Å². The van der Waals surface area contributed by atoms with Gasteiger partial charge in [-0.1, -0.05) is 0 Å². The maximum absolute atomic E-state index is 11.8. The Bertz CT molecular complexity index is 291. The van der Waals surface area contributed by atoms with Crippen molar-refractivity contribution in [2.24, 2.45) is 5.92 Å². The minimum atomic E-state index is 0.214. The molecule has 1 saturated heterocycles. The fourth-order valence-electron chi connectivity index (χ4n) is 1.67. The molecule has 0 spiro atoms. The molecule has 0 aliphatic carbocycles. The summed E-state index contributed by atoms with van der Waals surface area (Å²) in [7, 11) is 0. The summed E-state index contributed by atoms with van der Waals surface area (Å²) < 4.78 is 5.22. The van der Waals surface area contributed by atoms with Crippen molar-refractivity contribution in [2.45, 2.75) is 19.3 Å². The van der Waals surface area contributed by atoms with Crippen molar-refractivity contribution < 1.29 is 9.53 Å². The van der Waals surface area contributed by atoms with Crippen LogP contribution in [-0.2, 0) is 16.0 Å². The lowest BCUT2D eigenvalue weighted by Gasteiger charge is -2.20. The SMILES string of the molecule is O=C(Cc1cncs1)C1CCOCC1. The molecule has 0 atom stereocenters. The fourth-order valence-corrected chi connectivity index (χ4v) is 2.27. The summed E-state index contributed by atoms with van der Waals surface area (Å²) in [4.78, 5) is 16.8. The molecular formula is C10H13NO2S. The van der Waals surface area contributed by atoms with Gasteiger partial charge in [0.25, 0.3) is 0 Å². The number of aromatic nitrogens is 1. The van der Waals surface area contributed by atoms with Gasteiger partial charge in [0.15, 0.2) is 0 Å². The quantitative estimate of drug-likeness (QED) is 0.763. The lowest BCUT2D eigenvalue weighted by Crippen LogP contribution is -2.24. The lowest BCUT2D eigenvalue weighted by molar-refractivity contribution is -0.124. The monoisotopic (exact) mass is 211 g/mol. The van der Waals surface area contributed by atoms with E-state index in [1.54, 1.807) is 23.0 Å². The molecule has 3 nitrogen and oxygen atoms in total. The zero-order valence-corrected chi connectivity index (χ0v) is 8.76. The number of carbonyl (C=O) groups is 1. The summed E-state index contributed by atoms with van der Waals surface area (Å²) in [6, 6.07) is 0. The summed E-state index contributed by atoms with van der Waals surface area (Å²) in [6.45, 7) is 1.47. The smallest absolute Gasteiger partial charge is 0.141 e. The van der Waals surface area contributed by atoms with Gasteiger partial charge in [0.2, 0.25) is 0 Å². The van der Waals surface area contributed by atoms with Crippen LogP contribution in [-0.4, -0.2) is 24.0 Å². The molecule has 1 aromatic heterocycles. The van der Waals surface area contributed by atoms with E-state index < -0.39 is 0 Å². The van der Waals surface area contributed by atoms with Crippen molar-refractivity contribution >= 4 is 17.1 Å². The van der Waals surface area contributed by atoms with Gasteiger partial charge in [-0.3, -0.25) is 9.78 Å². The molecule has 0 unspecified atom stereocenters. The zero-order chi connectivity index (χ0) is 9.80. The predicted octanol–water partition coefficient (Wildman–Crippen LogP) is 1.68. The normalized spacial score (nSPS) is 18.3. The number of thiazole rings is 1. The lowest BCUT2D eigenvalue weighted by atomic mass is 9.93. The van der Waals surface area contributed by atoms with Gasteiger partial charge >= 0.3 is 0 Å². The molecule has 76 valence electrons. The first kappa shape index (κ1) is 9.80. The first-order chi connectivity index (χ1) is 6.86. The van der Waals surface area contributed by atoms with Crippen LogP contribution < -0.4 is 0 Å². The molecule has 1 aliphatic heterocycles. The number of ether oxygens (including phenoxy) is 1. The van der Waals surface area contributed by atoms with Crippen LogP contribution in [0.4, 0.5) is 0 Å². The number of Topliss-reactive ketones (excluding diaryl/α,β-unsaturated/α-hetero) is 1. The van der Waals surface area contributed by atoms with E-state index in [1.807, 2.05) is 0 Å². The van der Waals surface area contributed by atoms with Crippen molar-refractivity contribution in [3.63, 3.8) is 0 Å². The molecule has 0 saturated carbocycles. The van der Waals surface area contributed by atoms with E-state index in [4.69, 9.17) is 4.74 Å². The van der Waals surface area contributed by atoms with Crippen molar-refractivity contribution in [3.8, 4) is 0 Å². The first-order valence-electron chi connectivity index (χ1n) is 4.84. The van der Waals surface area contributed by atoms with E-state index in [1.165, 1.54) is 0 Å². The van der Waals surface area contributed by atoms with Crippen LogP contribution in [0.25, 0.3) is 0 Å². The highest BCUT2D eigenvalue weighted by Crippen LogP contribution is 2.18. The zero-order valence-electron chi connectivity index (χ0n) is 7.94. The maximum Gasteiger partial charge on any atom is 0.141 e. The predicted molar refractivity (Wildman–Crippen MR) is 54.4 cm³/mol. The average Bonchev–Trinajstić information content (AvgIpc) is 2.72. The van der Waals surface area contributed by atoms with Crippen LogP contribution in [0.3, 0.4) is 0 Å². The number of ketones is 1.